The quantitative estimate of drug-likeness (QED) is 0.797. The summed E-state index contributed by atoms with van der Waals surface area (Å²) < 4.78 is 0. The van der Waals surface area contributed by atoms with Crippen molar-refractivity contribution < 1.29 is 0 Å². The number of aryl methyl sites for hydroxylation is 1. The molecule has 2 heteroatoms. The Bertz CT molecular complexity index is 382. The summed E-state index contributed by atoms with van der Waals surface area (Å²) in [6.45, 7) is 1.11. The summed E-state index contributed by atoms with van der Waals surface area (Å²) in [6.07, 6.45) is 6.44. The molecule has 3 rings (SSSR count). The van der Waals surface area contributed by atoms with Crippen LogP contribution in [0.2, 0.25) is 0 Å². The molecular formula is C14H20N2. The Labute approximate surface area is 97.2 Å². The third kappa shape index (κ3) is 1.71. The highest BCUT2D eigenvalue weighted by molar-refractivity contribution is 5.54. The van der Waals surface area contributed by atoms with E-state index < -0.39 is 0 Å². The lowest BCUT2D eigenvalue weighted by Gasteiger charge is -2.32. The molecule has 0 amide bonds. The molecule has 0 radical (unpaired) electrons. The van der Waals surface area contributed by atoms with Crippen molar-refractivity contribution >= 4 is 5.69 Å². The first-order valence-electron chi connectivity index (χ1n) is 6.47. The van der Waals surface area contributed by atoms with Crippen molar-refractivity contribution in [3.8, 4) is 0 Å². The minimum atomic E-state index is 0.265. The van der Waals surface area contributed by atoms with Crippen LogP contribution in [0.3, 0.4) is 0 Å². The summed E-state index contributed by atoms with van der Waals surface area (Å²) in [5.74, 6) is 0.731. The highest BCUT2D eigenvalue weighted by Crippen LogP contribution is 2.37. The molecule has 16 heavy (non-hydrogen) atoms. The number of fused-ring (bicyclic) bond motifs is 1. The fraction of sp³-hybridized carbons (Fsp3) is 0.571. The second-order valence-corrected chi connectivity index (χ2v) is 5.16. The molecule has 2 nitrogen and oxygen atoms in total. The molecule has 1 heterocycles. The highest BCUT2D eigenvalue weighted by Gasteiger charge is 2.26. The van der Waals surface area contributed by atoms with Crippen molar-refractivity contribution in [1.82, 2.24) is 0 Å². The van der Waals surface area contributed by atoms with Gasteiger partial charge in [-0.05, 0) is 48.8 Å². The highest BCUT2D eigenvalue weighted by atomic mass is 14.9. The van der Waals surface area contributed by atoms with E-state index in [2.05, 4.69) is 23.5 Å². The SMILES string of the molecule is NC(c1ccc2c(c1)CCCN2)C1CCC1. The molecule has 0 spiro atoms. The van der Waals surface area contributed by atoms with Crippen molar-refractivity contribution in [1.29, 1.82) is 0 Å². The van der Waals surface area contributed by atoms with Gasteiger partial charge in [0.05, 0.1) is 0 Å². The van der Waals surface area contributed by atoms with Crippen LogP contribution in [0.5, 0.6) is 0 Å². The second kappa shape index (κ2) is 4.10. The van der Waals surface area contributed by atoms with E-state index in [-0.39, 0.29) is 6.04 Å². The first kappa shape index (κ1) is 10.2. The molecule has 0 bridgehead atoms. The van der Waals surface area contributed by atoms with Gasteiger partial charge in [-0.3, -0.25) is 0 Å². The van der Waals surface area contributed by atoms with Gasteiger partial charge in [0.25, 0.3) is 0 Å². The number of anilines is 1. The summed E-state index contributed by atoms with van der Waals surface area (Å²) in [4.78, 5) is 0. The van der Waals surface area contributed by atoms with E-state index in [1.807, 2.05) is 0 Å². The Morgan fingerprint density at radius 2 is 2.12 bits per heavy atom. The Kier molecular flexibility index (Phi) is 2.60. The van der Waals surface area contributed by atoms with Gasteiger partial charge in [-0.2, -0.15) is 0 Å². The number of hydrogen-bond donors (Lipinski definition) is 2. The number of rotatable bonds is 2. The Morgan fingerprint density at radius 1 is 1.25 bits per heavy atom. The van der Waals surface area contributed by atoms with Gasteiger partial charge in [0.1, 0.15) is 0 Å². The van der Waals surface area contributed by atoms with Crippen LogP contribution in [0.4, 0.5) is 5.69 Å². The normalized spacial score (nSPS) is 21.8. The second-order valence-electron chi connectivity index (χ2n) is 5.16. The van der Waals surface area contributed by atoms with Gasteiger partial charge in [-0.1, -0.05) is 18.6 Å². The molecule has 2 aliphatic rings. The van der Waals surface area contributed by atoms with Crippen LogP contribution in [0.25, 0.3) is 0 Å². The molecule has 0 aromatic heterocycles. The zero-order valence-electron chi connectivity index (χ0n) is 9.71. The molecule has 3 N–H and O–H groups in total. The molecule has 1 aromatic rings. The molecule has 1 atom stereocenters. The third-order valence-electron chi connectivity index (χ3n) is 4.11. The largest absolute Gasteiger partial charge is 0.385 e. The van der Waals surface area contributed by atoms with Gasteiger partial charge in [0, 0.05) is 18.3 Å². The van der Waals surface area contributed by atoms with Crippen LogP contribution in [0.15, 0.2) is 18.2 Å². The monoisotopic (exact) mass is 216 g/mol. The zero-order chi connectivity index (χ0) is 11.0. The molecule has 1 saturated carbocycles. The molecular weight excluding hydrogens is 196 g/mol. The lowest BCUT2D eigenvalue weighted by atomic mass is 9.77. The van der Waals surface area contributed by atoms with Crippen LogP contribution >= 0.6 is 0 Å². The summed E-state index contributed by atoms with van der Waals surface area (Å²) in [6, 6.07) is 7.01. The van der Waals surface area contributed by atoms with Gasteiger partial charge in [0.15, 0.2) is 0 Å². The summed E-state index contributed by atoms with van der Waals surface area (Å²) in [5.41, 5.74) is 10.4. The predicted octanol–water partition coefficient (Wildman–Crippen LogP) is 2.84. The predicted molar refractivity (Wildman–Crippen MR) is 67.5 cm³/mol. The molecule has 86 valence electrons. The molecule has 0 saturated heterocycles. The van der Waals surface area contributed by atoms with Gasteiger partial charge in [-0.15, -0.1) is 0 Å². The maximum Gasteiger partial charge on any atom is 0.0372 e. The average molecular weight is 216 g/mol. The fourth-order valence-electron chi connectivity index (χ4n) is 2.77. The van der Waals surface area contributed by atoms with Crippen LogP contribution in [0, 0.1) is 5.92 Å². The van der Waals surface area contributed by atoms with E-state index in [4.69, 9.17) is 5.73 Å². The number of hydrogen-bond acceptors (Lipinski definition) is 2. The topological polar surface area (TPSA) is 38.0 Å². The number of nitrogens with one attached hydrogen (secondary N) is 1. The van der Waals surface area contributed by atoms with E-state index in [0.717, 1.165) is 12.5 Å². The summed E-state index contributed by atoms with van der Waals surface area (Å²) in [7, 11) is 0. The first-order chi connectivity index (χ1) is 7.84. The Hall–Kier alpha value is -1.02. The molecule has 1 aliphatic heterocycles. The lowest BCUT2D eigenvalue weighted by Crippen LogP contribution is -2.27. The fourth-order valence-corrected chi connectivity index (χ4v) is 2.77. The van der Waals surface area contributed by atoms with Crippen molar-refractivity contribution in [3.63, 3.8) is 0 Å². The minimum absolute atomic E-state index is 0.265. The van der Waals surface area contributed by atoms with Crippen LogP contribution < -0.4 is 11.1 Å². The molecule has 1 aromatic carbocycles. The van der Waals surface area contributed by atoms with Crippen molar-refractivity contribution in [3.05, 3.63) is 29.3 Å². The zero-order valence-corrected chi connectivity index (χ0v) is 9.71. The Morgan fingerprint density at radius 3 is 2.88 bits per heavy atom. The molecule has 1 fully saturated rings. The van der Waals surface area contributed by atoms with E-state index in [0.29, 0.717) is 0 Å². The van der Waals surface area contributed by atoms with Crippen LogP contribution in [0.1, 0.15) is 42.9 Å². The molecule has 1 aliphatic carbocycles. The van der Waals surface area contributed by atoms with E-state index in [9.17, 15) is 0 Å². The standard InChI is InChI=1S/C14H20N2/c15-14(10-3-1-4-10)12-6-7-13-11(9-12)5-2-8-16-13/h6-7,9-10,14,16H,1-5,8,15H2. The van der Waals surface area contributed by atoms with Gasteiger partial charge in [-0.25, -0.2) is 0 Å². The van der Waals surface area contributed by atoms with Crippen LogP contribution in [-0.4, -0.2) is 6.54 Å². The summed E-state index contributed by atoms with van der Waals surface area (Å²) in [5, 5.41) is 3.45. The van der Waals surface area contributed by atoms with E-state index in [1.54, 1.807) is 0 Å². The third-order valence-corrected chi connectivity index (χ3v) is 4.11. The first-order valence-corrected chi connectivity index (χ1v) is 6.47. The maximum absolute atomic E-state index is 6.31. The number of benzene rings is 1. The van der Waals surface area contributed by atoms with Crippen LogP contribution in [-0.2, 0) is 6.42 Å². The smallest absolute Gasteiger partial charge is 0.0372 e. The van der Waals surface area contributed by atoms with Crippen molar-refractivity contribution in [2.75, 3.05) is 11.9 Å². The van der Waals surface area contributed by atoms with Gasteiger partial charge < -0.3 is 11.1 Å². The van der Waals surface area contributed by atoms with E-state index in [1.165, 1.54) is 48.9 Å². The number of nitrogens with two attached hydrogens (primary N) is 1. The van der Waals surface area contributed by atoms with Crippen molar-refractivity contribution in [2.45, 2.75) is 38.1 Å². The molecule has 1 unspecified atom stereocenters. The lowest BCUT2D eigenvalue weighted by molar-refractivity contribution is 0.264. The van der Waals surface area contributed by atoms with Gasteiger partial charge >= 0.3 is 0 Å². The average Bonchev–Trinajstić information content (AvgIpc) is 2.26. The van der Waals surface area contributed by atoms with Gasteiger partial charge in [0.2, 0.25) is 0 Å². The van der Waals surface area contributed by atoms with Crippen molar-refractivity contribution in [2.24, 2.45) is 11.7 Å². The van der Waals surface area contributed by atoms with E-state index >= 15 is 0 Å². The maximum atomic E-state index is 6.31. The minimum Gasteiger partial charge on any atom is -0.385 e. The Balaban J connectivity index is 1.84. The summed E-state index contributed by atoms with van der Waals surface area (Å²) >= 11 is 0.